The molecule has 0 aromatic rings. The molecule has 1 saturated carbocycles. The molecule has 0 aromatic carbocycles. The number of carbonyl (C=O) groups is 1. The van der Waals surface area contributed by atoms with Crippen molar-refractivity contribution in [2.45, 2.75) is 45.2 Å². The van der Waals surface area contributed by atoms with Crippen LogP contribution in [-0.2, 0) is 4.79 Å². The molecule has 2 atom stereocenters. The summed E-state index contributed by atoms with van der Waals surface area (Å²) < 4.78 is 0. The van der Waals surface area contributed by atoms with Gasteiger partial charge in [0.15, 0.2) is 0 Å². The molecule has 1 aliphatic rings. The highest BCUT2D eigenvalue weighted by atomic mass is 16.3. The Labute approximate surface area is 98.0 Å². The van der Waals surface area contributed by atoms with E-state index in [1.54, 1.807) is 4.90 Å². The molecule has 1 aliphatic carbocycles. The zero-order valence-electron chi connectivity index (χ0n) is 10.6. The van der Waals surface area contributed by atoms with Crippen LogP contribution in [0.15, 0.2) is 0 Å². The highest BCUT2D eigenvalue weighted by molar-refractivity contribution is 5.78. The Morgan fingerprint density at radius 3 is 2.75 bits per heavy atom. The summed E-state index contributed by atoms with van der Waals surface area (Å²) in [6, 6.07) is 0.557. The maximum absolute atomic E-state index is 11.7. The van der Waals surface area contributed by atoms with Gasteiger partial charge >= 0.3 is 0 Å². The smallest absolute Gasteiger partial charge is 0.236 e. The van der Waals surface area contributed by atoms with Crippen molar-refractivity contribution >= 4 is 5.91 Å². The van der Waals surface area contributed by atoms with Gasteiger partial charge in [-0.2, -0.15) is 0 Å². The van der Waals surface area contributed by atoms with Crippen LogP contribution in [-0.4, -0.2) is 48.2 Å². The lowest BCUT2D eigenvalue weighted by Crippen LogP contribution is -2.44. The third kappa shape index (κ3) is 3.46. The van der Waals surface area contributed by atoms with Crippen molar-refractivity contribution in [3.05, 3.63) is 0 Å². The molecule has 2 unspecified atom stereocenters. The predicted octanol–water partition coefficient (Wildman–Crippen LogP) is 0.604. The second-order valence-electron chi connectivity index (χ2n) is 4.96. The average molecular weight is 228 g/mol. The minimum Gasteiger partial charge on any atom is -0.396 e. The number of likely N-dealkylation sites (N-methyl/N-ethyl adjacent to an activating group) is 1. The Hall–Kier alpha value is -0.610. The summed E-state index contributed by atoms with van der Waals surface area (Å²) in [7, 11) is 1.83. The number of rotatable bonds is 5. The lowest BCUT2D eigenvalue weighted by Gasteiger charge is -2.24. The minimum absolute atomic E-state index is 0.124. The van der Waals surface area contributed by atoms with E-state index in [2.05, 4.69) is 5.32 Å². The van der Waals surface area contributed by atoms with Gasteiger partial charge in [-0.05, 0) is 32.6 Å². The highest BCUT2D eigenvalue weighted by Crippen LogP contribution is 2.24. The summed E-state index contributed by atoms with van der Waals surface area (Å²) in [6.45, 7) is 4.62. The van der Waals surface area contributed by atoms with Gasteiger partial charge in [-0.15, -0.1) is 0 Å². The number of aliphatic hydroxyl groups excluding tert-OH is 1. The zero-order chi connectivity index (χ0) is 12.1. The fraction of sp³-hybridized carbons (Fsp3) is 0.917. The van der Waals surface area contributed by atoms with Crippen molar-refractivity contribution in [1.82, 2.24) is 10.2 Å². The van der Waals surface area contributed by atoms with Gasteiger partial charge in [-0.25, -0.2) is 0 Å². The van der Waals surface area contributed by atoms with Crippen molar-refractivity contribution in [3.8, 4) is 0 Å². The summed E-state index contributed by atoms with van der Waals surface area (Å²) in [4.78, 5) is 13.5. The Morgan fingerprint density at radius 1 is 1.50 bits per heavy atom. The quantitative estimate of drug-likeness (QED) is 0.724. The molecule has 0 spiro atoms. The van der Waals surface area contributed by atoms with E-state index in [0.717, 1.165) is 19.3 Å². The van der Waals surface area contributed by atoms with Crippen LogP contribution in [0.4, 0.5) is 0 Å². The maximum Gasteiger partial charge on any atom is 0.236 e. The van der Waals surface area contributed by atoms with E-state index in [1.807, 2.05) is 20.9 Å². The Kier molecular flexibility index (Phi) is 5.22. The molecule has 0 aliphatic heterocycles. The maximum atomic E-state index is 11.7. The van der Waals surface area contributed by atoms with Crippen molar-refractivity contribution in [3.63, 3.8) is 0 Å². The van der Waals surface area contributed by atoms with Crippen molar-refractivity contribution < 1.29 is 9.90 Å². The molecule has 0 aromatic heterocycles. The number of nitrogens with one attached hydrogen (secondary N) is 1. The largest absolute Gasteiger partial charge is 0.396 e. The van der Waals surface area contributed by atoms with Gasteiger partial charge in [-0.1, -0.05) is 6.42 Å². The van der Waals surface area contributed by atoms with E-state index in [9.17, 15) is 4.79 Å². The Balaban J connectivity index is 2.31. The molecule has 0 saturated heterocycles. The summed E-state index contributed by atoms with van der Waals surface area (Å²) in [5, 5.41) is 12.4. The van der Waals surface area contributed by atoms with Gasteiger partial charge in [0.2, 0.25) is 5.91 Å². The van der Waals surface area contributed by atoms with Gasteiger partial charge in [0, 0.05) is 25.7 Å². The standard InChI is InChI=1S/C12H24N2O2/c1-9(2)14(3)12(16)7-13-11-6-4-5-10(11)8-15/h9-11,13,15H,4-8H2,1-3H3. The summed E-state index contributed by atoms with van der Waals surface area (Å²) in [5.41, 5.74) is 0. The molecule has 1 fully saturated rings. The van der Waals surface area contributed by atoms with Gasteiger partial charge in [0.25, 0.3) is 0 Å². The molecule has 16 heavy (non-hydrogen) atoms. The average Bonchev–Trinajstić information content (AvgIpc) is 2.71. The molecule has 4 heteroatoms. The summed E-state index contributed by atoms with van der Waals surface area (Å²) in [6.07, 6.45) is 3.30. The van der Waals surface area contributed by atoms with E-state index in [1.165, 1.54) is 0 Å². The van der Waals surface area contributed by atoms with Crippen molar-refractivity contribution in [2.24, 2.45) is 5.92 Å². The normalized spacial score (nSPS) is 25.1. The molecule has 0 radical (unpaired) electrons. The molecule has 1 rings (SSSR count). The summed E-state index contributed by atoms with van der Waals surface area (Å²) >= 11 is 0. The Bertz CT molecular complexity index is 231. The number of amides is 1. The van der Waals surface area contributed by atoms with E-state index in [4.69, 9.17) is 5.11 Å². The van der Waals surface area contributed by atoms with Crippen LogP contribution in [0, 0.1) is 5.92 Å². The van der Waals surface area contributed by atoms with Crippen LogP contribution >= 0.6 is 0 Å². The van der Waals surface area contributed by atoms with Crippen molar-refractivity contribution in [1.29, 1.82) is 0 Å². The van der Waals surface area contributed by atoms with Gasteiger partial charge in [-0.3, -0.25) is 4.79 Å². The van der Waals surface area contributed by atoms with E-state index < -0.39 is 0 Å². The number of nitrogens with zero attached hydrogens (tertiary/aromatic N) is 1. The number of hydrogen-bond donors (Lipinski definition) is 2. The second kappa shape index (κ2) is 6.21. The van der Waals surface area contributed by atoms with Gasteiger partial charge in [0.05, 0.1) is 6.54 Å². The third-order valence-corrected chi connectivity index (χ3v) is 3.58. The molecular formula is C12H24N2O2. The van der Waals surface area contributed by atoms with Crippen LogP contribution in [0.3, 0.4) is 0 Å². The lowest BCUT2D eigenvalue weighted by atomic mass is 10.1. The lowest BCUT2D eigenvalue weighted by molar-refractivity contribution is -0.130. The Morgan fingerprint density at radius 2 is 2.19 bits per heavy atom. The fourth-order valence-electron chi connectivity index (χ4n) is 2.16. The van der Waals surface area contributed by atoms with E-state index in [-0.39, 0.29) is 18.6 Å². The predicted molar refractivity (Wildman–Crippen MR) is 64.1 cm³/mol. The van der Waals surface area contributed by atoms with Crippen molar-refractivity contribution in [2.75, 3.05) is 20.2 Å². The minimum atomic E-state index is 0.124. The molecule has 4 nitrogen and oxygen atoms in total. The van der Waals surface area contributed by atoms with E-state index in [0.29, 0.717) is 18.5 Å². The zero-order valence-corrected chi connectivity index (χ0v) is 10.6. The summed E-state index contributed by atoms with van der Waals surface area (Å²) in [5.74, 6) is 0.454. The second-order valence-corrected chi connectivity index (χ2v) is 4.96. The monoisotopic (exact) mass is 228 g/mol. The first-order chi connectivity index (χ1) is 7.56. The van der Waals surface area contributed by atoms with Crippen LogP contribution in [0.1, 0.15) is 33.1 Å². The molecule has 0 bridgehead atoms. The first-order valence-corrected chi connectivity index (χ1v) is 6.16. The van der Waals surface area contributed by atoms with Crippen LogP contribution in [0.5, 0.6) is 0 Å². The van der Waals surface area contributed by atoms with Gasteiger partial charge in [0.1, 0.15) is 0 Å². The number of carbonyl (C=O) groups excluding carboxylic acids is 1. The molecule has 1 amide bonds. The number of aliphatic hydroxyl groups is 1. The van der Waals surface area contributed by atoms with Crippen LogP contribution < -0.4 is 5.32 Å². The molecular weight excluding hydrogens is 204 g/mol. The third-order valence-electron chi connectivity index (χ3n) is 3.58. The van der Waals surface area contributed by atoms with Gasteiger partial charge < -0.3 is 15.3 Å². The topological polar surface area (TPSA) is 52.6 Å². The van der Waals surface area contributed by atoms with E-state index >= 15 is 0 Å². The number of hydrogen-bond acceptors (Lipinski definition) is 3. The first-order valence-electron chi connectivity index (χ1n) is 6.16. The highest BCUT2D eigenvalue weighted by Gasteiger charge is 2.26. The molecule has 2 N–H and O–H groups in total. The fourth-order valence-corrected chi connectivity index (χ4v) is 2.16. The first kappa shape index (κ1) is 13.5. The molecule has 94 valence electrons. The van der Waals surface area contributed by atoms with Crippen LogP contribution in [0.25, 0.3) is 0 Å². The SMILES string of the molecule is CC(C)N(C)C(=O)CNC1CCCC1CO. The van der Waals surface area contributed by atoms with Crippen LogP contribution in [0.2, 0.25) is 0 Å². The molecule has 0 heterocycles.